The monoisotopic (exact) mass is 539 g/mol. The molecule has 1 aliphatic heterocycles. The van der Waals surface area contributed by atoms with Gasteiger partial charge in [0.05, 0.1) is 0 Å². The summed E-state index contributed by atoms with van der Waals surface area (Å²) in [7, 11) is -14.4. The minimum atomic E-state index is -3.77. The Labute approximate surface area is 197 Å². The lowest BCUT2D eigenvalue weighted by molar-refractivity contribution is 0.477. The van der Waals surface area contributed by atoms with E-state index in [4.69, 9.17) is 41.1 Å². The van der Waals surface area contributed by atoms with Crippen LogP contribution in [0.4, 0.5) is 0 Å². The van der Waals surface area contributed by atoms with E-state index in [0.717, 1.165) is 0 Å². The van der Waals surface area contributed by atoms with Gasteiger partial charge in [0.2, 0.25) is 15.0 Å². The third-order valence-corrected chi connectivity index (χ3v) is 13.8. The van der Waals surface area contributed by atoms with Gasteiger partial charge in [0.25, 0.3) is 0 Å². The standard InChI is InChI=1S/C18H25N9O3P4/c19-31(20)24-32(21,22)26-34(29-17-12-6-2-7-13-17,30-18-14-8-3-9-15-18)27-33(23,25-31)28-16-10-4-1-5-11-16/h1-15H,19-23H2. The van der Waals surface area contributed by atoms with E-state index in [1.807, 2.05) is 18.2 Å². The van der Waals surface area contributed by atoms with Crippen molar-refractivity contribution in [2.75, 3.05) is 0 Å². The van der Waals surface area contributed by atoms with Crippen molar-refractivity contribution in [1.82, 2.24) is 0 Å². The minimum absolute atomic E-state index is 0.394. The van der Waals surface area contributed by atoms with Crippen LogP contribution in [0.5, 0.6) is 17.2 Å². The molecule has 180 valence electrons. The largest absolute Gasteiger partial charge is 0.455 e. The van der Waals surface area contributed by atoms with Gasteiger partial charge in [0.1, 0.15) is 17.2 Å². The van der Waals surface area contributed by atoms with E-state index in [2.05, 4.69) is 18.1 Å². The van der Waals surface area contributed by atoms with Gasteiger partial charge in [0, 0.05) is 0 Å². The predicted molar refractivity (Wildman–Crippen MR) is 140 cm³/mol. The number of hydrogen-bond donors (Lipinski definition) is 5. The highest BCUT2D eigenvalue weighted by molar-refractivity contribution is 7.81. The summed E-state index contributed by atoms with van der Waals surface area (Å²) in [5, 5.41) is 0. The average molecular weight is 539 g/mol. The highest BCUT2D eigenvalue weighted by Crippen LogP contribution is 2.70. The van der Waals surface area contributed by atoms with E-state index >= 15 is 0 Å². The third kappa shape index (κ3) is 6.68. The zero-order chi connectivity index (χ0) is 24.3. The second-order valence-corrected chi connectivity index (χ2v) is 15.4. The van der Waals surface area contributed by atoms with Gasteiger partial charge in [-0.25, -0.2) is 5.50 Å². The van der Waals surface area contributed by atoms with Crippen molar-refractivity contribution in [1.29, 1.82) is 0 Å². The van der Waals surface area contributed by atoms with Crippen molar-refractivity contribution in [3.8, 4) is 17.2 Å². The Hall–Kier alpha value is -2.22. The molecule has 0 spiro atoms. The number of nitrogens with zero attached hydrogens (tertiary/aromatic N) is 4. The van der Waals surface area contributed by atoms with Crippen molar-refractivity contribution >= 4 is 30.3 Å². The van der Waals surface area contributed by atoms with Gasteiger partial charge in [-0.2, -0.15) is 9.03 Å². The summed E-state index contributed by atoms with van der Waals surface area (Å²) in [4.78, 5) is 0. The molecule has 0 saturated heterocycles. The second-order valence-electron chi connectivity index (χ2n) is 7.05. The maximum absolute atomic E-state index is 6.61. The van der Waals surface area contributed by atoms with Crippen LogP contribution in [0.1, 0.15) is 0 Å². The average Bonchev–Trinajstić information content (AvgIpc) is 2.73. The Kier molecular flexibility index (Phi) is 7.17. The molecule has 0 amide bonds. The Morgan fingerprint density at radius 3 is 1.26 bits per heavy atom. The van der Waals surface area contributed by atoms with Crippen molar-refractivity contribution in [3.05, 3.63) is 91.0 Å². The first-order valence-corrected chi connectivity index (χ1v) is 16.7. The van der Waals surface area contributed by atoms with Crippen LogP contribution in [0.25, 0.3) is 0 Å². The first-order chi connectivity index (χ1) is 16.1. The summed E-state index contributed by atoms with van der Waals surface area (Å²) < 4.78 is 36.1. The lowest BCUT2D eigenvalue weighted by Gasteiger charge is -2.29. The maximum atomic E-state index is 6.61. The molecule has 1 heterocycles. The van der Waals surface area contributed by atoms with E-state index < -0.39 is 30.3 Å². The zero-order valence-electron chi connectivity index (χ0n) is 17.8. The molecule has 10 N–H and O–H groups in total. The predicted octanol–water partition coefficient (Wildman–Crippen LogP) is 5.82. The lowest BCUT2D eigenvalue weighted by Crippen LogP contribution is -2.13. The van der Waals surface area contributed by atoms with Crippen molar-refractivity contribution < 1.29 is 13.6 Å². The summed E-state index contributed by atoms with van der Waals surface area (Å²) in [5.41, 5.74) is 31.4. The quantitative estimate of drug-likeness (QED) is 0.241. The number of benzene rings is 3. The summed E-state index contributed by atoms with van der Waals surface area (Å²) in [5.74, 6) is 1.19. The summed E-state index contributed by atoms with van der Waals surface area (Å²) in [6, 6.07) is 26.4. The molecule has 3 aromatic rings. The van der Waals surface area contributed by atoms with Crippen LogP contribution in [0.15, 0.2) is 109 Å². The van der Waals surface area contributed by atoms with Crippen LogP contribution >= 0.6 is 30.3 Å². The molecule has 34 heavy (non-hydrogen) atoms. The molecule has 1 atom stereocenters. The molecular formula is C18H25N9O3P4. The lowest BCUT2D eigenvalue weighted by atomic mass is 10.3. The Bertz CT molecular complexity index is 1330. The molecule has 12 nitrogen and oxygen atoms in total. The summed E-state index contributed by atoms with van der Waals surface area (Å²) in [6.07, 6.45) is 0. The van der Waals surface area contributed by atoms with Crippen LogP contribution in [-0.4, -0.2) is 0 Å². The van der Waals surface area contributed by atoms with Crippen molar-refractivity contribution in [2.45, 2.75) is 0 Å². The van der Waals surface area contributed by atoms with Crippen LogP contribution in [0, 0.1) is 0 Å². The van der Waals surface area contributed by atoms with Gasteiger partial charge in [-0.15, -0.1) is 9.03 Å². The van der Waals surface area contributed by atoms with Gasteiger partial charge in [-0.05, 0) is 36.4 Å². The Morgan fingerprint density at radius 2 is 0.824 bits per heavy atom. The number of para-hydroxylation sites is 3. The molecule has 0 bridgehead atoms. The molecular weight excluding hydrogens is 514 g/mol. The van der Waals surface area contributed by atoms with Gasteiger partial charge in [-0.1, -0.05) is 54.6 Å². The minimum Gasteiger partial charge on any atom is -0.431 e. The molecule has 0 radical (unpaired) electrons. The normalized spacial score (nSPS) is 22.3. The molecule has 4 rings (SSSR count). The highest BCUT2D eigenvalue weighted by Gasteiger charge is 2.37. The van der Waals surface area contributed by atoms with E-state index in [1.54, 1.807) is 72.8 Å². The maximum Gasteiger partial charge on any atom is 0.455 e. The first-order valence-electron chi connectivity index (χ1n) is 9.78. The van der Waals surface area contributed by atoms with Crippen LogP contribution in [0.2, 0.25) is 0 Å². The smallest absolute Gasteiger partial charge is 0.431 e. The molecule has 16 heteroatoms. The van der Waals surface area contributed by atoms with Crippen molar-refractivity contribution in [2.24, 2.45) is 45.6 Å². The van der Waals surface area contributed by atoms with E-state index in [1.165, 1.54) is 0 Å². The fourth-order valence-corrected chi connectivity index (χ4v) is 13.1. The van der Waals surface area contributed by atoms with Crippen molar-refractivity contribution in [3.63, 3.8) is 0 Å². The molecule has 0 saturated carbocycles. The number of nitrogens with two attached hydrogens (primary N) is 5. The topological polar surface area (TPSA) is 207 Å². The van der Waals surface area contributed by atoms with E-state index in [9.17, 15) is 0 Å². The molecule has 0 aliphatic carbocycles. The second kappa shape index (κ2) is 9.80. The van der Waals surface area contributed by atoms with Crippen LogP contribution in [-0.2, 0) is 0 Å². The number of rotatable bonds is 6. The molecule has 1 unspecified atom stereocenters. The van der Waals surface area contributed by atoms with E-state index in [0.29, 0.717) is 17.2 Å². The Balaban J connectivity index is 1.98. The van der Waals surface area contributed by atoms with Gasteiger partial charge in [0.15, 0.2) is 0 Å². The van der Waals surface area contributed by atoms with E-state index in [-0.39, 0.29) is 0 Å². The third-order valence-electron chi connectivity index (χ3n) is 3.97. The first kappa shape index (κ1) is 24.9. The fraction of sp³-hybridized carbons (Fsp3) is 0. The summed E-state index contributed by atoms with van der Waals surface area (Å²) in [6.45, 7) is 0. The highest BCUT2D eigenvalue weighted by atomic mass is 31.3. The summed E-state index contributed by atoms with van der Waals surface area (Å²) >= 11 is 0. The molecule has 1 aliphatic rings. The molecule has 3 aromatic carbocycles. The SMILES string of the molecule is NP1(N)=NP(N)(N)=NP(Oc2ccccc2)(Oc2ccccc2)=NP(N)(Oc2ccccc2)=N1. The Morgan fingerprint density at radius 1 is 0.441 bits per heavy atom. The van der Waals surface area contributed by atoms with Gasteiger partial charge < -0.3 is 13.6 Å². The number of hydrogen-bond acceptors (Lipinski definition) is 12. The molecule has 0 aromatic heterocycles. The van der Waals surface area contributed by atoms with Gasteiger partial charge >= 0.3 is 15.2 Å². The fourth-order valence-electron chi connectivity index (χ4n) is 2.85. The van der Waals surface area contributed by atoms with Crippen LogP contribution in [0.3, 0.4) is 0 Å². The van der Waals surface area contributed by atoms with Crippen LogP contribution < -0.4 is 41.1 Å². The van der Waals surface area contributed by atoms with Gasteiger partial charge in [-0.3, -0.25) is 22.0 Å². The zero-order valence-corrected chi connectivity index (χ0v) is 21.4. The molecule has 0 fully saturated rings.